The maximum atomic E-state index is 15.2. The van der Waals surface area contributed by atoms with Gasteiger partial charge in [-0.3, -0.25) is 0 Å². The Morgan fingerprint density at radius 2 is 2.05 bits per heavy atom. The molecule has 7 rings (SSSR count). The topological polar surface area (TPSA) is 120 Å². The minimum atomic E-state index is -0.658. The van der Waals surface area contributed by atoms with E-state index in [0.29, 0.717) is 66.0 Å². The van der Waals surface area contributed by atoms with Crippen LogP contribution in [0, 0.1) is 11.2 Å². The first-order chi connectivity index (χ1) is 18.3. The molecule has 4 aliphatic rings. The zero-order valence-corrected chi connectivity index (χ0v) is 21.5. The molecule has 1 aliphatic carbocycles. The number of aliphatic hydroxyl groups excluding tert-OH is 1. The largest absolute Gasteiger partial charge is 0.493 e. The van der Waals surface area contributed by atoms with Gasteiger partial charge in [-0.15, -0.1) is 0 Å². The van der Waals surface area contributed by atoms with Crippen molar-refractivity contribution in [1.29, 1.82) is 0 Å². The molecule has 202 valence electrons. The summed E-state index contributed by atoms with van der Waals surface area (Å²) in [6.45, 7) is 4.40. The maximum absolute atomic E-state index is 15.2. The number of fused-ring (bicyclic) bond motifs is 3. The van der Waals surface area contributed by atoms with Crippen LogP contribution >= 0.6 is 11.6 Å². The Bertz CT molecular complexity index is 1380. The molecule has 5 atom stereocenters. The van der Waals surface area contributed by atoms with E-state index in [2.05, 4.69) is 27.2 Å². The van der Waals surface area contributed by atoms with E-state index in [9.17, 15) is 5.11 Å². The van der Waals surface area contributed by atoms with Gasteiger partial charge < -0.3 is 39.1 Å². The summed E-state index contributed by atoms with van der Waals surface area (Å²) >= 11 is 6.54. The molecule has 3 fully saturated rings. The monoisotopic (exact) mass is 546 g/mol. The van der Waals surface area contributed by atoms with Crippen LogP contribution in [0.1, 0.15) is 30.5 Å². The number of halogens is 2. The number of aliphatic hydroxyl groups is 1. The Morgan fingerprint density at radius 1 is 1.21 bits per heavy atom. The molecule has 0 amide bonds. The summed E-state index contributed by atoms with van der Waals surface area (Å²) < 4.78 is 43.6. The van der Waals surface area contributed by atoms with Crippen LogP contribution in [-0.2, 0) is 20.6 Å². The first-order valence-corrected chi connectivity index (χ1v) is 13.2. The number of aryl methyl sites for hydroxylation is 1. The molecule has 1 aromatic carbocycles. The van der Waals surface area contributed by atoms with Crippen LogP contribution in [0.4, 0.5) is 10.2 Å². The van der Waals surface area contributed by atoms with Gasteiger partial charge in [-0.1, -0.05) is 18.5 Å². The third-order valence-corrected chi connectivity index (χ3v) is 7.98. The fourth-order valence-corrected chi connectivity index (χ4v) is 5.82. The summed E-state index contributed by atoms with van der Waals surface area (Å²) in [7, 11) is 0. The molecular weight excluding hydrogens is 519 g/mol. The van der Waals surface area contributed by atoms with Crippen molar-refractivity contribution in [2.45, 2.75) is 50.2 Å². The molecular formula is C26H28ClFN4O6. The molecule has 2 aromatic heterocycles. The molecule has 12 heteroatoms. The summed E-state index contributed by atoms with van der Waals surface area (Å²) in [4.78, 5) is 12.1. The predicted molar refractivity (Wildman–Crippen MR) is 134 cm³/mol. The van der Waals surface area contributed by atoms with Gasteiger partial charge in [0.05, 0.1) is 49.6 Å². The highest BCUT2D eigenvalue weighted by molar-refractivity contribution is 6.33. The van der Waals surface area contributed by atoms with E-state index in [1.54, 1.807) is 6.07 Å². The average molecular weight is 547 g/mol. The van der Waals surface area contributed by atoms with E-state index >= 15 is 4.39 Å². The van der Waals surface area contributed by atoms with Crippen LogP contribution in [0.2, 0.25) is 5.02 Å². The molecule has 1 unspecified atom stereocenters. The minimum Gasteiger partial charge on any atom is -0.493 e. The number of nitrogens with one attached hydrogen (secondary N) is 2. The number of aromatic nitrogens is 3. The average Bonchev–Trinajstić information content (AvgIpc) is 3.63. The number of H-pyrrole nitrogens is 1. The van der Waals surface area contributed by atoms with E-state index in [1.807, 2.05) is 6.07 Å². The van der Waals surface area contributed by atoms with E-state index in [4.69, 9.17) is 35.3 Å². The first kappa shape index (κ1) is 24.3. The Labute approximate surface area is 222 Å². The first-order valence-electron chi connectivity index (χ1n) is 12.8. The van der Waals surface area contributed by atoms with Crippen LogP contribution in [0.3, 0.4) is 0 Å². The van der Waals surface area contributed by atoms with Crippen LogP contribution in [0.15, 0.2) is 18.2 Å². The minimum absolute atomic E-state index is 0.0160. The van der Waals surface area contributed by atoms with Crippen LogP contribution < -0.4 is 14.8 Å². The van der Waals surface area contributed by atoms with E-state index in [-0.39, 0.29) is 42.6 Å². The molecule has 3 N–H and O–H groups in total. The van der Waals surface area contributed by atoms with Gasteiger partial charge in [0.25, 0.3) is 6.01 Å². The lowest BCUT2D eigenvalue weighted by atomic mass is 9.90. The van der Waals surface area contributed by atoms with E-state index < -0.39 is 18.3 Å². The number of aromatic amines is 1. The molecule has 0 radical (unpaired) electrons. The second kappa shape index (κ2) is 9.20. The van der Waals surface area contributed by atoms with Crippen LogP contribution in [0.5, 0.6) is 11.8 Å². The predicted octanol–water partition coefficient (Wildman–Crippen LogP) is 3.17. The molecule has 0 spiro atoms. The zero-order chi connectivity index (χ0) is 26.0. The smallest absolute Gasteiger partial charge is 0.296 e. The molecule has 0 bridgehead atoms. The van der Waals surface area contributed by atoms with Crippen molar-refractivity contribution >= 4 is 28.6 Å². The lowest BCUT2D eigenvalue weighted by Gasteiger charge is -2.37. The highest BCUT2D eigenvalue weighted by atomic mass is 35.5. The number of hydrogen-bond donors (Lipinski definition) is 3. The number of nitrogens with zero attached hydrogens (tertiary/aromatic N) is 2. The van der Waals surface area contributed by atoms with Gasteiger partial charge >= 0.3 is 0 Å². The Hall–Kier alpha value is -2.70. The van der Waals surface area contributed by atoms with Crippen molar-refractivity contribution < 1.29 is 33.2 Å². The second-order valence-electron chi connectivity index (χ2n) is 10.9. The number of hydrogen-bond acceptors (Lipinski definition) is 9. The molecule has 3 saturated heterocycles. The van der Waals surface area contributed by atoms with Crippen molar-refractivity contribution in [2.24, 2.45) is 5.41 Å². The van der Waals surface area contributed by atoms with E-state index in [0.717, 1.165) is 5.56 Å². The second-order valence-corrected chi connectivity index (χ2v) is 11.3. The fourth-order valence-electron chi connectivity index (χ4n) is 5.61. The Balaban J connectivity index is 1.06. The quantitative estimate of drug-likeness (QED) is 0.410. The summed E-state index contributed by atoms with van der Waals surface area (Å²) in [6, 6.07) is 5.05. The Kier molecular flexibility index (Phi) is 5.89. The van der Waals surface area contributed by atoms with Gasteiger partial charge in [-0.05, 0) is 30.5 Å². The standard InChI is InChI=1S/C26H28ClFN4O6/c1-26(9-34-10-26)11-37-13-4-12-2-3-16(20(12)15(28)5-13)29-23-14(27)6-17-24(31-23)32-25(30-17)38-19-8-36-21-18(33)7-35-22(19)21/h4-6,16,18-19,21-22,33H,2-3,7-11H2,1H3,(H2,29,30,31,32)/t16?,18-,19-,21-,22-/m1/s1. The number of benzene rings is 1. The number of ether oxygens (including phenoxy) is 5. The number of imidazole rings is 1. The van der Waals surface area contributed by atoms with Gasteiger partial charge in [0.2, 0.25) is 0 Å². The normalized spacial score (nSPS) is 29.2. The van der Waals surface area contributed by atoms with Crippen molar-refractivity contribution in [1.82, 2.24) is 15.0 Å². The van der Waals surface area contributed by atoms with Crippen molar-refractivity contribution in [3.63, 3.8) is 0 Å². The molecule has 38 heavy (non-hydrogen) atoms. The summed E-state index contributed by atoms with van der Waals surface area (Å²) in [5, 5.41) is 13.6. The molecule has 3 aliphatic heterocycles. The number of pyridine rings is 1. The highest BCUT2D eigenvalue weighted by Crippen LogP contribution is 2.40. The van der Waals surface area contributed by atoms with Gasteiger partial charge in [-0.2, -0.15) is 4.98 Å². The summed E-state index contributed by atoms with van der Waals surface area (Å²) in [5.74, 6) is 0.638. The SMILES string of the molecule is CC1(COc2cc(F)c3c(c2)CCC3Nc2nc3nc(O[C@@H]4CO[C@H]5[C@@H]4OC[C@H]5O)[nH]c3cc2Cl)COC1. The number of rotatable bonds is 7. The van der Waals surface area contributed by atoms with Gasteiger partial charge in [-0.25, -0.2) is 9.37 Å². The maximum Gasteiger partial charge on any atom is 0.296 e. The highest BCUT2D eigenvalue weighted by Gasteiger charge is 2.48. The molecule has 0 saturated carbocycles. The van der Waals surface area contributed by atoms with Crippen LogP contribution in [0.25, 0.3) is 11.2 Å². The third-order valence-electron chi connectivity index (χ3n) is 7.69. The lowest BCUT2D eigenvalue weighted by Crippen LogP contribution is -2.44. The van der Waals surface area contributed by atoms with Gasteiger partial charge in [0.1, 0.15) is 35.7 Å². The molecule has 5 heterocycles. The van der Waals surface area contributed by atoms with Crippen molar-refractivity contribution in [3.8, 4) is 11.8 Å². The lowest BCUT2D eigenvalue weighted by molar-refractivity contribution is -0.120. The zero-order valence-electron chi connectivity index (χ0n) is 20.7. The fraction of sp³-hybridized carbons (Fsp3) is 0.538. The molecule has 10 nitrogen and oxygen atoms in total. The van der Waals surface area contributed by atoms with Crippen molar-refractivity contribution in [2.75, 3.05) is 38.4 Å². The van der Waals surface area contributed by atoms with Crippen LogP contribution in [-0.4, -0.2) is 77.5 Å². The van der Waals surface area contributed by atoms with Crippen molar-refractivity contribution in [3.05, 3.63) is 40.2 Å². The van der Waals surface area contributed by atoms with E-state index in [1.165, 1.54) is 6.07 Å². The molecule has 3 aromatic rings. The number of anilines is 1. The van der Waals surface area contributed by atoms with Gasteiger partial charge in [0.15, 0.2) is 11.8 Å². The third kappa shape index (κ3) is 4.26. The van der Waals surface area contributed by atoms with Gasteiger partial charge in [0, 0.05) is 17.0 Å². The Morgan fingerprint density at radius 3 is 2.87 bits per heavy atom. The summed E-state index contributed by atoms with van der Waals surface area (Å²) in [6.07, 6.45) is -0.403. The summed E-state index contributed by atoms with van der Waals surface area (Å²) in [5.41, 5.74) is 2.51.